The van der Waals surface area contributed by atoms with E-state index < -0.39 is 0 Å². The molecule has 18 aromatic rings. The minimum Gasteiger partial charge on any atom is -0.309 e. The Morgan fingerprint density at radius 1 is 0.159 bits per heavy atom. The number of para-hydroxylation sites is 3. The van der Waals surface area contributed by atoms with Crippen molar-refractivity contribution in [2.45, 2.75) is 224 Å². The van der Waals surface area contributed by atoms with Crippen LogP contribution in [0.4, 0.5) is 0 Å². The Kier molecular flexibility index (Phi) is 29.6. The van der Waals surface area contributed by atoms with Gasteiger partial charge in [-0.05, 0) is 254 Å². The molecule has 9 aliphatic rings. The molecule has 3 nitrogen and oxygen atoms in total. The molecule has 0 saturated carbocycles. The fraction of sp³-hybridized carbons (Fsp3) is 0.268. The zero-order valence-corrected chi connectivity index (χ0v) is 80.2. The van der Waals surface area contributed by atoms with Gasteiger partial charge in [-0.2, -0.15) is 0 Å². The molecule has 0 N–H and O–H groups in total. The average molecular weight is 1660 g/mol. The Morgan fingerprint density at radius 3 is 0.873 bits per heavy atom. The highest BCUT2D eigenvalue weighted by molar-refractivity contribution is 6.25. The van der Waals surface area contributed by atoms with Gasteiger partial charge in [0.25, 0.3) is 0 Å². The van der Waals surface area contributed by atoms with Gasteiger partial charge in [0.2, 0.25) is 0 Å². The SMILES string of the molecule is CC.CC.CC.CC.CC.CC.CC.CC.CC.CC.CC.CC.c1ccc2c(c1)Cc1c-2cc2c3c1c1c4c(ccc1n3-c1ccccc1C2)Cc1ccccc1-4.c1ccc2c(c1)Cc1c-2cc2c3c4c(ccc3n3c2c1Cc1ccccc1-3)-c1ccccc1C4.c1ccc2c(c1)Cc1ccc3c(c1-2)c1c2c(cc4c1n3-c1ccccc1C4)Cc1ccccc1-2. The second-order valence-corrected chi connectivity index (χ2v) is 30.3. The van der Waals surface area contributed by atoms with Crippen molar-refractivity contribution >= 4 is 65.4 Å². The van der Waals surface area contributed by atoms with Gasteiger partial charge < -0.3 is 13.7 Å². The van der Waals surface area contributed by atoms with Gasteiger partial charge in [0.15, 0.2) is 0 Å². The van der Waals surface area contributed by atoms with Crippen LogP contribution in [0.15, 0.2) is 273 Å². The first kappa shape index (κ1) is 91.4. The van der Waals surface area contributed by atoms with E-state index in [1.165, 1.54) is 249 Å². The molecule has 0 fully saturated rings. The summed E-state index contributed by atoms with van der Waals surface area (Å²) < 4.78 is 7.72. The molecule has 3 aromatic heterocycles. The van der Waals surface area contributed by atoms with Crippen molar-refractivity contribution in [3.05, 3.63) is 373 Å². The maximum absolute atomic E-state index is 2.57. The monoisotopic (exact) mass is 1650 g/mol. The summed E-state index contributed by atoms with van der Waals surface area (Å²) >= 11 is 0. The maximum atomic E-state index is 2.57. The van der Waals surface area contributed by atoms with Crippen molar-refractivity contribution in [1.82, 2.24) is 13.7 Å². The average Bonchev–Trinajstić information content (AvgIpc) is 1.54. The molecule has 0 amide bonds. The van der Waals surface area contributed by atoms with E-state index in [1.807, 2.05) is 166 Å². The minimum absolute atomic E-state index is 0.997. The van der Waals surface area contributed by atoms with Crippen LogP contribution in [-0.2, 0) is 57.8 Å². The van der Waals surface area contributed by atoms with Gasteiger partial charge in [-0.25, -0.2) is 0 Å². The van der Waals surface area contributed by atoms with Crippen molar-refractivity contribution in [3.8, 4) is 83.8 Å². The molecule has 15 aromatic carbocycles. The molecule has 3 heteroatoms. The normalized spacial score (nSPS) is 12.0. The number of aromatic nitrogens is 3. The summed E-state index contributed by atoms with van der Waals surface area (Å²) in [5, 5.41) is 8.75. The van der Waals surface area contributed by atoms with Crippen molar-refractivity contribution in [3.63, 3.8) is 0 Å². The summed E-state index contributed by atoms with van der Waals surface area (Å²) in [7, 11) is 0. The molecule has 0 unspecified atom stereocenters. The lowest BCUT2D eigenvalue weighted by molar-refractivity contribution is 1.02. The van der Waals surface area contributed by atoms with Crippen LogP contribution in [0.1, 0.15) is 266 Å². The van der Waals surface area contributed by atoms with Crippen LogP contribution in [0.5, 0.6) is 0 Å². The lowest BCUT2D eigenvalue weighted by Crippen LogP contribution is -2.09. The van der Waals surface area contributed by atoms with E-state index in [1.54, 1.807) is 0 Å². The smallest absolute Gasteiger partial charge is 0.0583 e. The Bertz CT molecular complexity index is 6970. The molecule has 642 valence electrons. The van der Waals surface area contributed by atoms with E-state index in [0.717, 1.165) is 57.8 Å². The summed E-state index contributed by atoms with van der Waals surface area (Å²) in [5.74, 6) is 0. The third-order valence-electron chi connectivity index (χ3n) is 25.3. The first-order chi connectivity index (χ1) is 62.6. The molecule has 3 aliphatic heterocycles. The molecule has 27 rings (SSSR count). The Hall–Kier alpha value is -12.3. The van der Waals surface area contributed by atoms with E-state index >= 15 is 0 Å². The zero-order valence-electron chi connectivity index (χ0n) is 80.2. The first-order valence-corrected chi connectivity index (χ1v) is 48.8. The van der Waals surface area contributed by atoms with Gasteiger partial charge >= 0.3 is 0 Å². The van der Waals surface area contributed by atoms with Crippen molar-refractivity contribution in [2.24, 2.45) is 0 Å². The van der Waals surface area contributed by atoms with E-state index in [9.17, 15) is 0 Å². The fourth-order valence-electron chi connectivity index (χ4n) is 21.3. The number of nitrogens with zero attached hydrogens (tertiary/aromatic N) is 3. The second-order valence-electron chi connectivity index (χ2n) is 30.3. The van der Waals surface area contributed by atoms with E-state index in [0.29, 0.717) is 0 Å². The van der Waals surface area contributed by atoms with Crippen LogP contribution in [0, 0.1) is 0 Å². The lowest BCUT2D eigenvalue weighted by Gasteiger charge is -2.23. The highest BCUT2D eigenvalue weighted by atomic mass is 15.0. The maximum Gasteiger partial charge on any atom is 0.0583 e. The molecule has 0 atom stereocenters. The zero-order chi connectivity index (χ0) is 89.9. The van der Waals surface area contributed by atoms with Crippen LogP contribution >= 0.6 is 0 Å². The number of hydrogen-bond donors (Lipinski definition) is 0. The highest BCUT2D eigenvalue weighted by Gasteiger charge is 2.38. The summed E-state index contributed by atoms with van der Waals surface area (Å²) in [6, 6.07) is 103. The molecular weight excluding hydrogens is 1520 g/mol. The van der Waals surface area contributed by atoms with Gasteiger partial charge in [0, 0.05) is 68.6 Å². The topological polar surface area (TPSA) is 14.8 Å². The third kappa shape index (κ3) is 14.6. The summed E-state index contributed by atoms with van der Waals surface area (Å²) in [6.07, 6.45) is 9.21. The van der Waals surface area contributed by atoms with E-state index in [-0.39, 0.29) is 0 Å². The predicted molar refractivity (Wildman–Crippen MR) is 556 cm³/mol. The molecule has 6 aliphatic carbocycles. The van der Waals surface area contributed by atoms with Crippen LogP contribution in [0.3, 0.4) is 0 Å². The Balaban J connectivity index is 0.000000145. The number of benzene rings is 15. The van der Waals surface area contributed by atoms with Gasteiger partial charge in [0.05, 0.1) is 33.1 Å². The predicted octanol–water partition coefficient (Wildman–Crippen LogP) is 35.8. The van der Waals surface area contributed by atoms with E-state index in [4.69, 9.17) is 0 Å². The molecule has 126 heavy (non-hydrogen) atoms. The van der Waals surface area contributed by atoms with Gasteiger partial charge in [0.1, 0.15) is 0 Å². The van der Waals surface area contributed by atoms with Crippen LogP contribution in [0.25, 0.3) is 149 Å². The molecule has 0 bridgehead atoms. The molecule has 0 saturated heterocycles. The lowest BCUT2D eigenvalue weighted by atomic mass is 9.90. The summed E-state index contributed by atoms with van der Waals surface area (Å²) in [6.45, 7) is 48.0. The molecule has 0 radical (unpaired) electrons. The number of rotatable bonds is 0. The molecule has 6 heterocycles. The fourth-order valence-corrected chi connectivity index (χ4v) is 21.3. The van der Waals surface area contributed by atoms with E-state index in [2.05, 4.69) is 287 Å². The minimum atomic E-state index is 0.997. The summed E-state index contributed by atoms with van der Waals surface area (Å²) in [5.41, 5.74) is 56.0. The van der Waals surface area contributed by atoms with Gasteiger partial charge in [-0.1, -0.05) is 391 Å². The van der Waals surface area contributed by atoms with Crippen LogP contribution in [0.2, 0.25) is 0 Å². The molecule has 0 spiro atoms. The largest absolute Gasteiger partial charge is 0.309 e. The van der Waals surface area contributed by atoms with Crippen molar-refractivity contribution in [1.29, 1.82) is 0 Å². The first-order valence-electron chi connectivity index (χ1n) is 48.8. The van der Waals surface area contributed by atoms with Crippen molar-refractivity contribution < 1.29 is 0 Å². The third-order valence-corrected chi connectivity index (χ3v) is 25.3. The Morgan fingerprint density at radius 2 is 0.437 bits per heavy atom. The van der Waals surface area contributed by atoms with Gasteiger partial charge in [-0.3, -0.25) is 0 Å². The van der Waals surface area contributed by atoms with Crippen molar-refractivity contribution in [2.75, 3.05) is 0 Å². The number of fused-ring (bicyclic) bond motifs is 39. The van der Waals surface area contributed by atoms with Crippen LogP contribution < -0.4 is 0 Å². The second kappa shape index (κ2) is 40.8. The standard InChI is InChI=1S/3C33H21N.12C2H6/c1-4-10-24-20(8-1)17-27-26(24)18-23-16-21-9-3-6-12-28(21)34-29-14-13-22-15-19-7-2-5-11-25(19)30(22)32(29)31(27)33(23)34;1-4-10-22-20(8-1)16-27-24(22)13-14-31-32(27)29-18-26-23-11-5-2-7-19(23)15-25(26)28-17-21-9-3-6-12-30(21)34(31)33(28)29;1-4-10-25-19(7-1)15-22-13-14-28-31(29(22)25)32-30-23(16-20-8-2-5-11-26(20)30)18-24-17-21-9-3-6-12-27(21)34(28)33(24)32;12*1-2/h3*1-14,18H,15-17H2;12*1-2H3. The Labute approximate surface area is 754 Å². The number of hydrogen-bond acceptors (Lipinski definition) is 0. The van der Waals surface area contributed by atoms with Crippen LogP contribution in [-0.4, -0.2) is 13.7 Å². The molecular formula is C123H135N3. The van der Waals surface area contributed by atoms with Gasteiger partial charge in [-0.15, -0.1) is 0 Å². The summed E-state index contributed by atoms with van der Waals surface area (Å²) in [4.78, 5) is 0. The quantitative estimate of drug-likeness (QED) is 0.144. The highest BCUT2D eigenvalue weighted by Crippen LogP contribution is 2.57.